The van der Waals surface area contributed by atoms with Gasteiger partial charge in [-0.2, -0.15) is 0 Å². The smallest absolute Gasteiger partial charge is 0.322 e. The van der Waals surface area contributed by atoms with Gasteiger partial charge in [-0.3, -0.25) is 14.4 Å². The molecule has 7 heteroatoms. The van der Waals surface area contributed by atoms with Gasteiger partial charge in [0.15, 0.2) is 6.61 Å². The molecule has 1 saturated carbocycles. The molecule has 2 aromatic carbocycles. The SMILES string of the molecule is O=C(O)CNC(=O)c1cc2ccccc2cc1OCC(=O)NC1CC1. The van der Waals surface area contributed by atoms with Gasteiger partial charge < -0.3 is 20.5 Å². The molecular weight excluding hydrogens is 324 g/mol. The lowest BCUT2D eigenvalue weighted by Crippen LogP contribution is -2.32. The van der Waals surface area contributed by atoms with Crippen molar-refractivity contribution in [1.82, 2.24) is 10.6 Å². The summed E-state index contributed by atoms with van der Waals surface area (Å²) in [6.07, 6.45) is 1.95. The van der Waals surface area contributed by atoms with Crippen molar-refractivity contribution in [3.63, 3.8) is 0 Å². The van der Waals surface area contributed by atoms with E-state index < -0.39 is 18.4 Å². The quantitative estimate of drug-likeness (QED) is 0.704. The molecular formula is C18H18N2O5. The fourth-order valence-electron chi connectivity index (χ4n) is 2.41. The summed E-state index contributed by atoms with van der Waals surface area (Å²) >= 11 is 0. The zero-order chi connectivity index (χ0) is 17.8. The van der Waals surface area contributed by atoms with Crippen LogP contribution in [0.25, 0.3) is 10.8 Å². The Kier molecular flexibility index (Phi) is 4.83. The average molecular weight is 342 g/mol. The largest absolute Gasteiger partial charge is 0.483 e. The predicted octanol–water partition coefficient (Wildman–Crippen LogP) is 1.31. The maximum Gasteiger partial charge on any atom is 0.322 e. The maximum atomic E-state index is 12.3. The Morgan fingerprint density at radius 2 is 1.80 bits per heavy atom. The second-order valence-corrected chi connectivity index (χ2v) is 5.90. The summed E-state index contributed by atoms with van der Waals surface area (Å²) < 4.78 is 5.54. The Morgan fingerprint density at radius 1 is 1.12 bits per heavy atom. The van der Waals surface area contributed by atoms with Gasteiger partial charge in [0.2, 0.25) is 0 Å². The van der Waals surface area contributed by atoms with Gasteiger partial charge in [0, 0.05) is 6.04 Å². The maximum absolute atomic E-state index is 12.3. The van der Waals surface area contributed by atoms with Crippen LogP contribution in [0.3, 0.4) is 0 Å². The van der Waals surface area contributed by atoms with Gasteiger partial charge in [-0.1, -0.05) is 24.3 Å². The molecule has 0 unspecified atom stereocenters. The van der Waals surface area contributed by atoms with Gasteiger partial charge in [0.05, 0.1) is 5.56 Å². The molecule has 0 bridgehead atoms. The number of aliphatic carboxylic acids is 1. The molecule has 0 aliphatic heterocycles. The molecule has 0 heterocycles. The van der Waals surface area contributed by atoms with Crippen LogP contribution in [0.5, 0.6) is 5.75 Å². The first-order chi connectivity index (χ1) is 12.0. The molecule has 0 atom stereocenters. The fourth-order valence-corrected chi connectivity index (χ4v) is 2.41. The van der Waals surface area contributed by atoms with Gasteiger partial charge in [-0.05, 0) is 35.7 Å². The Balaban J connectivity index is 1.81. The summed E-state index contributed by atoms with van der Waals surface area (Å²) in [7, 11) is 0. The van der Waals surface area contributed by atoms with Crippen LogP contribution in [-0.2, 0) is 9.59 Å². The number of carbonyl (C=O) groups excluding carboxylic acids is 2. The summed E-state index contributed by atoms with van der Waals surface area (Å²) in [6, 6.07) is 10.9. The monoisotopic (exact) mass is 342 g/mol. The van der Waals surface area contributed by atoms with Crippen molar-refractivity contribution >= 4 is 28.6 Å². The standard InChI is InChI=1S/C18H18N2O5/c21-16(20-13-5-6-13)10-25-15-8-12-4-2-1-3-11(12)7-14(15)18(24)19-9-17(22)23/h1-4,7-8,13H,5-6,9-10H2,(H,19,24)(H,20,21)(H,22,23). The van der Waals surface area contributed by atoms with Crippen LogP contribution in [0.2, 0.25) is 0 Å². The molecule has 3 rings (SSSR count). The lowest BCUT2D eigenvalue weighted by molar-refractivity contribution is -0.135. The Hall–Kier alpha value is -3.09. The van der Waals surface area contributed by atoms with Gasteiger partial charge in [-0.25, -0.2) is 0 Å². The highest BCUT2D eigenvalue weighted by molar-refractivity contribution is 6.02. The number of rotatable bonds is 7. The van der Waals surface area contributed by atoms with Crippen LogP contribution < -0.4 is 15.4 Å². The van der Waals surface area contributed by atoms with Gasteiger partial charge in [0.25, 0.3) is 11.8 Å². The number of amides is 2. The number of hydrogen-bond acceptors (Lipinski definition) is 4. The zero-order valence-electron chi connectivity index (χ0n) is 13.5. The molecule has 1 aliphatic carbocycles. The minimum absolute atomic E-state index is 0.194. The van der Waals surface area contributed by atoms with Crippen LogP contribution in [-0.4, -0.2) is 42.1 Å². The number of carbonyl (C=O) groups is 3. The van der Waals surface area contributed by atoms with E-state index in [1.165, 1.54) is 0 Å². The van der Waals surface area contributed by atoms with Crippen LogP contribution in [0.1, 0.15) is 23.2 Å². The van der Waals surface area contributed by atoms with E-state index in [0.717, 1.165) is 23.6 Å². The van der Waals surface area contributed by atoms with Crippen LogP contribution in [0.4, 0.5) is 0 Å². The van der Waals surface area contributed by atoms with E-state index in [1.54, 1.807) is 12.1 Å². The number of hydrogen-bond donors (Lipinski definition) is 3. The molecule has 1 aliphatic rings. The first-order valence-corrected chi connectivity index (χ1v) is 7.98. The van der Waals surface area contributed by atoms with Crippen molar-refractivity contribution in [1.29, 1.82) is 0 Å². The van der Waals surface area contributed by atoms with E-state index in [-0.39, 0.29) is 29.9 Å². The molecule has 2 amide bonds. The van der Waals surface area contributed by atoms with Crippen molar-refractivity contribution in [2.24, 2.45) is 0 Å². The highest BCUT2D eigenvalue weighted by Gasteiger charge is 2.23. The van der Waals surface area contributed by atoms with Crippen LogP contribution in [0, 0.1) is 0 Å². The number of benzene rings is 2. The number of ether oxygens (including phenoxy) is 1. The second kappa shape index (κ2) is 7.21. The summed E-state index contributed by atoms with van der Waals surface area (Å²) in [4.78, 5) is 34.8. The predicted molar refractivity (Wildman–Crippen MR) is 90.6 cm³/mol. The molecule has 7 nitrogen and oxygen atoms in total. The van der Waals surface area contributed by atoms with E-state index in [2.05, 4.69) is 10.6 Å². The number of carboxylic acids is 1. The van der Waals surface area contributed by atoms with Crippen molar-refractivity contribution in [3.8, 4) is 5.75 Å². The van der Waals surface area contributed by atoms with Crippen molar-refractivity contribution in [2.45, 2.75) is 18.9 Å². The Morgan fingerprint density at radius 3 is 2.44 bits per heavy atom. The fraction of sp³-hybridized carbons (Fsp3) is 0.278. The average Bonchev–Trinajstić information content (AvgIpc) is 3.40. The molecule has 3 N–H and O–H groups in total. The molecule has 2 aromatic rings. The molecule has 0 aromatic heterocycles. The minimum atomic E-state index is -1.14. The summed E-state index contributed by atoms with van der Waals surface area (Å²) in [5.74, 6) is -1.70. The lowest BCUT2D eigenvalue weighted by Gasteiger charge is -2.13. The summed E-state index contributed by atoms with van der Waals surface area (Å²) in [5, 5.41) is 15.5. The van der Waals surface area contributed by atoms with Gasteiger partial charge in [-0.15, -0.1) is 0 Å². The van der Waals surface area contributed by atoms with E-state index in [9.17, 15) is 14.4 Å². The van der Waals surface area contributed by atoms with Crippen molar-refractivity contribution < 1.29 is 24.2 Å². The molecule has 0 radical (unpaired) electrons. The van der Waals surface area contributed by atoms with E-state index in [0.29, 0.717) is 0 Å². The molecule has 25 heavy (non-hydrogen) atoms. The topological polar surface area (TPSA) is 105 Å². The first-order valence-electron chi connectivity index (χ1n) is 7.98. The summed E-state index contributed by atoms with van der Waals surface area (Å²) in [5.41, 5.74) is 0.194. The molecule has 130 valence electrons. The van der Waals surface area contributed by atoms with E-state index in [1.807, 2.05) is 24.3 Å². The molecule has 0 spiro atoms. The highest BCUT2D eigenvalue weighted by Crippen LogP contribution is 2.26. The van der Waals surface area contributed by atoms with Gasteiger partial charge >= 0.3 is 5.97 Å². The van der Waals surface area contributed by atoms with E-state index >= 15 is 0 Å². The molecule has 0 saturated heterocycles. The summed E-state index contributed by atoms with van der Waals surface area (Å²) in [6.45, 7) is -0.693. The zero-order valence-corrected chi connectivity index (χ0v) is 13.5. The third-order valence-electron chi connectivity index (χ3n) is 3.79. The Labute approximate surface area is 144 Å². The number of nitrogens with one attached hydrogen (secondary N) is 2. The normalized spacial score (nSPS) is 13.3. The third kappa shape index (κ3) is 4.47. The minimum Gasteiger partial charge on any atom is -0.483 e. The second-order valence-electron chi connectivity index (χ2n) is 5.90. The lowest BCUT2D eigenvalue weighted by atomic mass is 10.1. The van der Waals surface area contributed by atoms with Crippen LogP contribution in [0.15, 0.2) is 36.4 Å². The highest BCUT2D eigenvalue weighted by atomic mass is 16.5. The number of fused-ring (bicyclic) bond motifs is 1. The van der Waals surface area contributed by atoms with E-state index in [4.69, 9.17) is 9.84 Å². The molecule has 1 fully saturated rings. The third-order valence-corrected chi connectivity index (χ3v) is 3.79. The van der Waals surface area contributed by atoms with Crippen LogP contribution >= 0.6 is 0 Å². The van der Waals surface area contributed by atoms with Crippen molar-refractivity contribution in [2.75, 3.05) is 13.2 Å². The Bertz CT molecular complexity index is 829. The van der Waals surface area contributed by atoms with Crippen molar-refractivity contribution in [3.05, 3.63) is 42.0 Å². The number of carboxylic acid groups (broad SMARTS) is 1. The first kappa shape index (κ1) is 16.8. The van der Waals surface area contributed by atoms with Gasteiger partial charge in [0.1, 0.15) is 12.3 Å².